The van der Waals surface area contributed by atoms with Gasteiger partial charge >= 0.3 is 11.8 Å². The van der Waals surface area contributed by atoms with E-state index in [-0.39, 0.29) is 0 Å². The van der Waals surface area contributed by atoms with E-state index in [1.165, 1.54) is 0 Å². The maximum Gasteiger partial charge on any atom is 0.313 e. The second-order valence-corrected chi connectivity index (χ2v) is 7.39. The minimum Gasteiger partial charge on any atom is -0.357 e. The predicted molar refractivity (Wildman–Crippen MR) is 109 cm³/mol. The van der Waals surface area contributed by atoms with Crippen molar-refractivity contribution in [3.63, 3.8) is 0 Å². The van der Waals surface area contributed by atoms with Gasteiger partial charge in [-0.15, -0.1) is 11.8 Å². The number of carbonyl (C=O) groups is 2. The van der Waals surface area contributed by atoms with Crippen molar-refractivity contribution in [2.45, 2.75) is 17.7 Å². The number of hydrogen-bond donors (Lipinski definition) is 2. The van der Waals surface area contributed by atoms with E-state index in [1.54, 1.807) is 24.0 Å². The van der Waals surface area contributed by atoms with Crippen LogP contribution in [0, 0.1) is 5.92 Å². The van der Waals surface area contributed by atoms with Gasteiger partial charge in [0.25, 0.3) is 0 Å². The monoisotopic (exact) mass is 384 g/mol. The smallest absolute Gasteiger partial charge is 0.313 e. The average Bonchev–Trinajstić information content (AvgIpc) is 2.73. The van der Waals surface area contributed by atoms with Crippen molar-refractivity contribution in [3.8, 4) is 0 Å². The Labute approximate surface area is 163 Å². The molecule has 1 aromatic carbocycles. The van der Waals surface area contributed by atoms with Crippen LogP contribution in [0.25, 0.3) is 0 Å². The van der Waals surface area contributed by atoms with Crippen LogP contribution in [0.1, 0.15) is 12.8 Å². The number of nitrogens with zero attached hydrogens (tertiary/aromatic N) is 2. The Kier molecular flexibility index (Phi) is 6.70. The van der Waals surface area contributed by atoms with Gasteiger partial charge in [0.15, 0.2) is 0 Å². The molecule has 0 aliphatic carbocycles. The molecular weight excluding hydrogens is 360 g/mol. The number of amides is 2. The normalized spacial score (nSPS) is 14.6. The molecule has 1 aliphatic rings. The average molecular weight is 385 g/mol. The summed E-state index contributed by atoms with van der Waals surface area (Å²) in [4.78, 5) is 31.8. The Morgan fingerprint density at radius 2 is 1.96 bits per heavy atom. The SMILES string of the molecule is CSc1cccc(NC(=O)C(=O)NCC2CCN(c3ccccn3)CC2)c1. The van der Waals surface area contributed by atoms with Crippen molar-refractivity contribution in [1.29, 1.82) is 0 Å². The second kappa shape index (κ2) is 9.41. The second-order valence-electron chi connectivity index (χ2n) is 6.51. The van der Waals surface area contributed by atoms with E-state index >= 15 is 0 Å². The number of nitrogens with one attached hydrogen (secondary N) is 2. The van der Waals surface area contributed by atoms with Gasteiger partial charge < -0.3 is 15.5 Å². The molecule has 1 aromatic heterocycles. The van der Waals surface area contributed by atoms with E-state index < -0.39 is 11.8 Å². The van der Waals surface area contributed by atoms with Gasteiger partial charge in [-0.25, -0.2) is 4.98 Å². The Bertz CT molecular complexity index is 777. The highest BCUT2D eigenvalue weighted by Crippen LogP contribution is 2.21. The predicted octanol–water partition coefficient (Wildman–Crippen LogP) is 2.77. The van der Waals surface area contributed by atoms with Gasteiger partial charge in [0.2, 0.25) is 0 Å². The Morgan fingerprint density at radius 1 is 1.15 bits per heavy atom. The summed E-state index contributed by atoms with van der Waals surface area (Å²) in [6.07, 6.45) is 5.70. The van der Waals surface area contributed by atoms with Crippen molar-refractivity contribution in [2.75, 3.05) is 36.1 Å². The molecule has 6 nitrogen and oxygen atoms in total. The summed E-state index contributed by atoms with van der Waals surface area (Å²) in [7, 11) is 0. The summed E-state index contributed by atoms with van der Waals surface area (Å²) in [5.41, 5.74) is 0.630. The number of carbonyl (C=O) groups excluding carboxylic acids is 2. The lowest BCUT2D eigenvalue weighted by Gasteiger charge is -2.32. The van der Waals surface area contributed by atoms with Crippen LogP contribution in [0.4, 0.5) is 11.5 Å². The van der Waals surface area contributed by atoms with Crippen LogP contribution < -0.4 is 15.5 Å². The van der Waals surface area contributed by atoms with Crippen LogP contribution in [0.5, 0.6) is 0 Å². The maximum absolute atomic E-state index is 12.1. The van der Waals surface area contributed by atoms with Crippen LogP contribution in [-0.4, -0.2) is 42.7 Å². The number of aromatic nitrogens is 1. The van der Waals surface area contributed by atoms with Crippen molar-refractivity contribution in [3.05, 3.63) is 48.7 Å². The van der Waals surface area contributed by atoms with E-state index in [1.807, 2.05) is 42.7 Å². The molecule has 2 aromatic rings. The minimum absolute atomic E-state index is 0.376. The highest BCUT2D eigenvalue weighted by Gasteiger charge is 2.22. The number of rotatable bonds is 5. The molecule has 2 amide bonds. The van der Waals surface area contributed by atoms with E-state index in [0.717, 1.165) is 36.6 Å². The summed E-state index contributed by atoms with van der Waals surface area (Å²) < 4.78 is 0. The molecule has 7 heteroatoms. The molecule has 2 heterocycles. The molecule has 1 fully saturated rings. The third kappa shape index (κ3) is 5.47. The maximum atomic E-state index is 12.1. The molecule has 0 unspecified atom stereocenters. The summed E-state index contributed by atoms with van der Waals surface area (Å²) in [5.74, 6) is 0.157. The number of anilines is 2. The number of benzene rings is 1. The van der Waals surface area contributed by atoms with Gasteiger partial charge in [0, 0.05) is 36.4 Å². The van der Waals surface area contributed by atoms with E-state index in [0.29, 0.717) is 18.2 Å². The van der Waals surface area contributed by atoms with Crippen molar-refractivity contribution in [2.24, 2.45) is 5.92 Å². The molecule has 0 bridgehead atoms. The largest absolute Gasteiger partial charge is 0.357 e. The first-order chi connectivity index (χ1) is 13.2. The summed E-state index contributed by atoms with van der Waals surface area (Å²) in [6, 6.07) is 13.3. The Morgan fingerprint density at radius 3 is 2.67 bits per heavy atom. The highest BCUT2D eigenvalue weighted by atomic mass is 32.2. The fourth-order valence-corrected chi connectivity index (χ4v) is 3.57. The topological polar surface area (TPSA) is 74.3 Å². The summed E-state index contributed by atoms with van der Waals surface area (Å²) in [5, 5.41) is 5.42. The van der Waals surface area contributed by atoms with Gasteiger partial charge in [-0.2, -0.15) is 0 Å². The van der Waals surface area contributed by atoms with Crippen molar-refractivity contribution in [1.82, 2.24) is 10.3 Å². The van der Waals surface area contributed by atoms with Crippen LogP contribution in [0.15, 0.2) is 53.6 Å². The fraction of sp³-hybridized carbons (Fsp3) is 0.350. The van der Waals surface area contributed by atoms with Gasteiger partial charge in [-0.1, -0.05) is 12.1 Å². The molecule has 0 radical (unpaired) electrons. The van der Waals surface area contributed by atoms with E-state index in [2.05, 4.69) is 20.5 Å². The van der Waals surface area contributed by atoms with Crippen molar-refractivity contribution < 1.29 is 9.59 Å². The van der Waals surface area contributed by atoms with Gasteiger partial charge in [-0.05, 0) is 55.3 Å². The summed E-state index contributed by atoms with van der Waals surface area (Å²) >= 11 is 1.59. The quantitative estimate of drug-likeness (QED) is 0.613. The first-order valence-corrected chi connectivity index (χ1v) is 10.3. The molecule has 1 aliphatic heterocycles. The van der Waals surface area contributed by atoms with Gasteiger partial charge in [-0.3, -0.25) is 9.59 Å². The van der Waals surface area contributed by atoms with Gasteiger partial charge in [0.05, 0.1) is 0 Å². The molecule has 0 saturated carbocycles. The van der Waals surface area contributed by atoms with Crippen LogP contribution in [-0.2, 0) is 9.59 Å². The molecule has 27 heavy (non-hydrogen) atoms. The highest BCUT2D eigenvalue weighted by molar-refractivity contribution is 7.98. The molecule has 142 valence electrons. The Hall–Kier alpha value is -2.54. The molecule has 0 atom stereocenters. The fourth-order valence-electron chi connectivity index (χ4n) is 3.11. The zero-order valence-electron chi connectivity index (χ0n) is 15.4. The standard InChI is InChI=1S/C20H24N4O2S/c1-27-17-6-4-5-16(13-17)23-20(26)19(25)22-14-15-8-11-24(12-9-15)18-7-2-3-10-21-18/h2-7,10,13,15H,8-9,11-12,14H2,1H3,(H,22,25)(H,23,26). The number of piperidine rings is 1. The molecular formula is C20H24N4O2S. The zero-order chi connectivity index (χ0) is 19.1. The van der Waals surface area contributed by atoms with E-state index in [9.17, 15) is 9.59 Å². The lowest BCUT2D eigenvalue weighted by atomic mass is 9.97. The Balaban J connectivity index is 1.42. The first kappa shape index (κ1) is 19.2. The summed E-state index contributed by atoms with van der Waals surface area (Å²) in [6.45, 7) is 2.34. The van der Waals surface area contributed by atoms with Crippen LogP contribution >= 0.6 is 11.8 Å². The molecule has 0 spiro atoms. The third-order valence-corrected chi connectivity index (χ3v) is 5.40. The van der Waals surface area contributed by atoms with Gasteiger partial charge in [0.1, 0.15) is 5.82 Å². The molecule has 3 rings (SSSR count). The minimum atomic E-state index is -0.626. The first-order valence-electron chi connectivity index (χ1n) is 9.05. The number of pyridine rings is 1. The lowest BCUT2D eigenvalue weighted by Crippen LogP contribution is -2.42. The third-order valence-electron chi connectivity index (χ3n) is 4.67. The van der Waals surface area contributed by atoms with Crippen LogP contribution in [0.2, 0.25) is 0 Å². The van der Waals surface area contributed by atoms with Crippen molar-refractivity contribution >= 4 is 35.1 Å². The van der Waals surface area contributed by atoms with E-state index in [4.69, 9.17) is 0 Å². The number of thioether (sulfide) groups is 1. The lowest BCUT2D eigenvalue weighted by molar-refractivity contribution is -0.136. The number of hydrogen-bond acceptors (Lipinski definition) is 5. The van der Waals surface area contributed by atoms with Crippen LogP contribution in [0.3, 0.4) is 0 Å². The zero-order valence-corrected chi connectivity index (χ0v) is 16.2. The molecule has 2 N–H and O–H groups in total. The molecule has 1 saturated heterocycles.